The number of carbonyl (C=O) groups is 1. The van der Waals surface area contributed by atoms with E-state index in [-0.39, 0.29) is 16.8 Å². The van der Waals surface area contributed by atoms with Gasteiger partial charge in [0.25, 0.3) is 5.56 Å². The van der Waals surface area contributed by atoms with Gasteiger partial charge in [0.1, 0.15) is 28.8 Å². The quantitative estimate of drug-likeness (QED) is 0.324. The molecule has 1 aliphatic rings. The lowest BCUT2D eigenvalue weighted by Gasteiger charge is -2.14. The molecule has 0 bridgehead atoms. The van der Waals surface area contributed by atoms with Crippen LogP contribution in [0.5, 0.6) is 0 Å². The number of aromatic amines is 1. The zero-order valence-corrected chi connectivity index (χ0v) is 21.7. The van der Waals surface area contributed by atoms with Gasteiger partial charge in [0.2, 0.25) is 0 Å². The van der Waals surface area contributed by atoms with E-state index in [2.05, 4.69) is 40.5 Å². The van der Waals surface area contributed by atoms with Crippen LogP contribution in [-0.4, -0.2) is 57.9 Å². The van der Waals surface area contributed by atoms with Gasteiger partial charge in [0.05, 0.1) is 42.1 Å². The summed E-state index contributed by atoms with van der Waals surface area (Å²) in [6.45, 7) is 0. The Balaban J connectivity index is 1.33. The van der Waals surface area contributed by atoms with Gasteiger partial charge in [0, 0.05) is 23.1 Å². The minimum Gasteiger partial charge on any atom is -0.453 e. The molecule has 2 N–H and O–H groups in total. The molecule has 0 unspecified atom stereocenters. The fourth-order valence-electron chi connectivity index (χ4n) is 4.50. The Morgan fingerprint density at radius 3 is 2.77 bits per heavy atom. The number of aryl methyl sites for hydroxylation is 1. The van der Waals surface area contributed by atoms with E-state index in [0.717, 1.165) is 0 Å². The molecule has 0 fully saturated rings. The molecule has 15 heteroatoms. The summed E-state index contributed by atoms with van der Waals surface area (Å²) in [5.74, 6) is 1.12. The number of benzene rings is 1. The standard InChI is InChI=1S/C24H18Cl2N10O3/c1-39-24(38)29-13-3-4-15(27-10-13)21-22(26)32-23(31-21)18-6-7-19-30-16(9-20(37)36(18)19)14-8-12(25)2-5-17(14)35-11-28-33-34-35/h2-5,8-11,18H,6-7H2,1H3,(H,29,38)(H,31,32)/t18-/m0/s1. The lowest BCUT2D eigenvalue weighted by Crippen LogP contribution is -2.25. The molecule has 0 aliphatic carbocycles. The largest absolute Gasteiger partial charge is 0.453 e. The van der Waals surface area contributed by atoms with E-state index in [0.29, 0.717) is 63.5 Å². The number of carbonyl (C=O) groups excluding carboxylic acids is 1. The van der Waals surface area contributed by atoms with E-state index in [1.165, 1.54) is 30.4 Å². The van der Waals surface area contributed by atoms with Crippen LogP contribution in [0.3, 0.4) is 0 Å². The normalized spacial score (nSPS) is 14.3. The van der Waals surface area contributed by atoms with Crippen molar-refractivity contribution in [2.45, 2.75) is 18.9 Å². The summed E-state index contributed by atoms with van der Waals surface area (Å²) in [6.07, 6.45) is 3.47. The molecule has 13 nitrogen and oxygen atoms in total. The Bertz CT molecular complexity index is 1750. The number of tetrazole rings is 1. The molecule has 0 saturated carbocycles. The van der Waals surface area contributed by atoms with Crippen LogP contribution < -0.4 is 10.9 Å². The maximum absolute atomic E-state index is 13.4. The van der Waals surface area contributed by atoms with E-state index >= 15 is 0 Å². The first kappa shape index (κ1) is 24.7. The second-order valence-corrected chi connectivity index (χ2v) is 9.38. The van der Waals surface area contributed by atoms with Gasteiger partial charge in [0.15, 0.2) is 0 Å². The number of methoxy groups -OCH3 is 1. The second kappa shape index (κ2) is 9.93. The van der Waals surface area contributed by atoms with Crippen LogP contribution in [0.15, 0.2) is 53.7 Å². The van der Waals surface area contributed by atoms with Gasteiger partial charge in [-0.1, -0.05) is 23.2 Å². The Hall–Kier alpha value is -4.62. The van der Waals surface area contributed by atoms with Crippen molar-refractivity contribution in [2.75, 3.05) is 12.4 Å². The van der Waals surface area contributed by atoms with Gasteiger partial charge in [-0.05, 0) is 47.2 Å². The number of pyridine rings is 1. The zero-order valence-electron chi connectivity index (χ0n) is 20.2. The number of ether oxygens (including phenoxy) is 1. The molecule has 4 aromatic heterocycles. The molecule has 0 spiro atoms. The van der Waals surface area contributed by atoms with Crippen LogP contribution in [0.25, 0.3) is 28.3 Å². The molecule has 5 heterocycles. The van der Waals surface area contributed by atoms with Crippen LogP contribution in [0, 0.1) is 0 Å². The topological polar surface area (TPSA) is 158 Å². The van der Waals surface area contributed by atoms with E-state index < -0.39 is 6.09 Å². The number of rotatable bonds is 5. The fourth-order valence-corrected chi connectivity index (χ4v) is 4.91. The molecule has 1 amide bonds. The molecule has 39 heavy (non-hydrogen) atoms. The summed E-state index contributed by atoms with van der Waals surface area (Å²) >= 11 is 12.7. The molecule has 0 radical (unpaired) electrons. The number of anilines is 1. The van der Waals surface area contributed by atoms with Gasteiger partial charge in [-0.15, -0.1) is 5.10 Å². The number of fused-ring (bicyclic) bond motifs is 1. The third kappa shape index (κ3) is 4.62. The number of hydrogen-bond donors (Lipinski definition) is 2. The third-order valence-electron chi connectivity index (χ3n) is 6.24. The van der Waals surface area contributed by atoms with Crippen LogP contribution in [0.4, 0.5) is 10.5 Å². The molecule has 196 valence electrons. The summed E-state index contributed by atoms with van der Waals surface area (Å²) in [5.41, 5.74) is 2.85. The predicted octanol–water partition coefficient (Wildman–Crippen LogP) is 3.69. The van der Waals surface area contributed by atoms with Gasteiger partial charge in [-0.3, -0.25) is 19.7 Å². The molecular weight excluding hydrogens is 547 g/mol. The Morgan fingerprint density at radius 2 is 2.03 bits per heavy atom. The average molecular weight is 565 g/mol. The number of amides is 1. The van der Waals surface area contributed by atoms with Crippen molar-refractivity contribution in [2.24, 2.45) is 0 Å². The van der Waals surface area contributed by atoms with Gasteiger partial charge >= 0.3 is 6.09 Å². The van der Waals surface area contributed by atoms with Crippen molar-refractivity contribution < 1.29 is 9.53 Å². The fraction of sp³-hybridized carbons (Fsp3) is 0.167. The van der Waals surface area contributed by atoms with Crippen LogP contribution in [0.2, 0.25) is 10.2 Å². The summed E-state index contributed by atoms with van der Waals surface area (Å²) in [7, 11) is 1.27. The van der Waals surface area contributed by atoms with E-state index in [4.69, 9.17) is 28.2 Å². The van der Waals surface area contributed by atoms with E-state index in [9.17, 15) is 9.59 Å². The maximum Gasteiger partial charge on any atom is 0.411 e. The monoisotopic (exact) mass is 564 g/mol. The first-order valence-electron chi connectivity index (χ1n) is 11.6. The summed E-state index contributed by atoms with van der Waals surface area (Å²) in [5, 5.41) is 14.6. The Kier molecular flexibility index (Phi) is 6.29. The lowest BCUT2D eigenvalue weighted by molar-refractivity contribution is 0.187. The van der Waals surface area contributed by atoms with Crippen LogP contribution in [0.1, 0.15) is 24.1 Å². The van der Waals surface area contributed by atoms with Crippen molar-refractivity contribution in [3.63, 3.8) is 0 Å². The van der Waals surface area contributed by atoms with Crippen molar-refractivity contribution in [3.05, 3.63) is 81.1 Å². The highest BCUT2D eigenvalue weighted by atomic mass is 35.5. The molecule has 0 saturated heterocycles. The van der Waals surface area contributed by atoms with Gasteiger partial charge < -0.3 is 9.72 Å². The number of halogens is 2. The van der Waals surface area contributed by atoms with Crippen molar-refractivity contribution >= 4 is 35.0 Å². The van der Waals surface area contributed by atoms with Crippen molar-refractivity contribution in [1.29, 1.82) is 0 Å². The van der Waals surface area contributed by atoms with Crippen molar-refractivity contribution in [3.8, 4) is 28.3 Å². The number of hydrogen-bond acceptors (Lipinski definition) is 9. The first-order chi connectivity index (χ1) is 18.9. The number of nitrogens with zero attached hydrogens (tertiary/aromatic N) is 8. The third-order valence-corrected chi connectivity index (χ3v) is 6.75. The highest BCUT2D eigenvalue weighted by molar-refractivity contribution is 6.32. The molecule has 6 rings (SSSR count). The van der Waals surface area contributed by atoms with Crippen LogP contribution in [-0.2, 0) is 11.2 Å². The second-order valence-electron chi connectivity index (χ2n) is 8.57. The Labute approximate surface area is 229 Å². The lowest BCUT2D eigenvalue weighted by atomic mass is 10.1. The summed E-state index contributed by atoms with van der Waals surface area (Å²) < 4.78 is 7.68. The summed E-state index contributed by atoms with van der Waals surface area (Å²) in [4.78, 5) is 41.7. The highest BCUT2D eigenvalue weighted by Gasteiger charge is 2.30. The average Bonchev–Trinajstić information content (AvgIpc) is 3.69. The number of nitrogens with one attached hydrogen (secondary N) is 2. The minimum absolute atomic E-state index is 0.245. The first-order valence-corrected chi connectivity index (χ1v) is 12.4. The molecule has 5 aromatic rings. The Morgan fingerprint density at radius 1 is 1.15 bits per heavy atom. The molecule has 1 atom stereocenters. The van der Waals surface area contributed by atoms with E-state index in [1.54, 1.807) is 34.9 Å². The predicted molar refractivity (Wildman–Crippen MR) is 141 cm³/mol. The maximum atomic E-state index is 13.4. The number of aromatic nitrogens is 9. The van der Waals surface area contributed by atoms with Crippen LogP contribution >= 0.6 is 23.2 Å². The smallest absolute Gasteiger partial charge is 0.411 e. The number of imidazole rings is 1. The van der Waals surface area contributed by atoms with Crippen molar-refractivity contribution in [1.82, 2.24) is 44.7 Å². The molecule has 1 aliphatic heterocycles. The molecular formula is C24H18Cl2N10O3. The SMILES string of the molecule is COC(=O)Nc1ccc(-c2nc([C@@H]3CCc4nc(-c5cc(Cl)ccc5-n5cnnn5)cc(=O)n43)[nH]c2Cl)nc1. The number of H-pyrrole nitrogens is 1. The van der Waals surface area contributed by atoms with Gasteiger partial charge in [-0.2, -0.15) is 4.68 Å². The minimum atomic E-state index is -0.603. The molecule has 1 aromatic carbocycles. The summed E-state index contributed by atoms with van der Waals surface area (Å²) in [6, 6.07) is 9.61. The van der Waals surface area contributed by atoms with E-state index in [1.807, 2.05) is 0 Å². The zero-order chi connectivity index (χ0) is 27.1. The van der Waals surface area contributed by atoms with Gasteiger partial charge in [-0.25, -0.2) is 14.8 Å². The highest BCUT2D eigenvalue weighted by Crippen LogP contribution is 2.34.